The Hall–Kier alpha value is -2.16. The molecule has 2 aromatic rings. The molecule has 2 aromatic carbocycles. The van der Waals surface area contributed by atoms with E-state index in [0.717, 1.165) is 66.6 Å². The van der Waals surface area contributed by atoms with Crippen LogP contribution >= 0.6 is 11.8 Å². The lowest BCUT2D eigenvalue weighted by Crippen LogP contribution is -2.61. The number of methoxy groups -OCH3 is 1. The van der Waals surface area contributed by atoms with Gasteiger partial charge in [-0.15, -0.1) is 11.8 Å². The number of carbonyl (C=O) groups excluding carboxylic acids is 1. The largest absolute Gasteiger partial charge is 0.497 e. The zero-order valence-corrected chi connectivity index (χ0v) is 24.7. The molecule has 8 heteroatoms. The van der Waals surface area contributed by atoms with Crippen LogP contribution in [0.1, 0.15) is 44.1 Å². The van der Waals surface area contributed by atoms with Crippen LogP contribution in [0.4, 0.5) is 8.78 Å². The topological polar surface area (TPSA) is 36.0 Å². The number of hydrogen-bond donors (Lipinski definition) is 0. The molecule has 2 atom stereocenters. The maximum Gasteiger partial charge on any atom is 0.240 e. The van der Waals surface area contributed by atoms with Gasteiger partial charge in [0.15, 0.2) is 0 Å². The van der Waals surface area contributed by atoms with Crippen molar-refractivity contribution in [2.45, 2.75) is 67.3 Å². The van der Waals surface area contributed by atoms with Gasteiger partial charge < -0.3 is 9.64 Å². The van der Waals surface area contributed by atoms with E-state index in [4.69, 9.17) is 4.74 Å². The van der Waals surface area contributed by atoms with Crippen molar-refractivity contribution >= 4 is 17.7 Å². The van der Waals surface area contributed by atoms with Gasteiger partial charge in [-0.25, -0.2) is 8.78 Å². The summed E-state index contributed by atoms with van der Waals surface area (Å²) in [5, 5.41) is 0.184. The fourth-order valence-corrected chi connectivity index (χ4v) is 10.3. The summed E-state index contributed by atoms with van der Waals surface area (Å²) in [6, 6.07) is 12.0. The lowest BCUT2D eigenvalue weighted by Gasteiger charge is -2.58. The van der Waals surface area contributed by atoms with Crippen LogP contribution in [-0.2, 0) is 11.3 Å². The quantitative estimate of drug-likeness (QED) is 0.421. The van der Waals surface area contributed by atoms with Gasteiger partial charge in [0.05, 0.1) is 13.2 Å². The zero-order chi connectivity index (χ0) is 28.1. The molecule has 2 aliphatic heterocycles. The summed E-state index contributed by atoms with van der Waals surface area (Å²) in [7, 11) is 1.65. The van der Waals surface area contributed by atoms with Crippen molar-refractivity contribution in [2.75, 3.05) is 39.8 Å². The van der Waals surface area contributed by atoms with Crippen LogP contribution in [-0.4, -0.2) is 77.8 Å². The van der Waals surface area contributed by atoms with Gasteiger partial charge in [-0.1, -0.05) is 0 Å². The molecule has 5 nitrogen and oxygen atoms in total. The van der Waals surface area contributed by atoms with Crippen molar-refractivity contribution in [3.8, 4) is 5.75 Å². The van der Waals surface area contributed by atoms with Crippen molar-refractivity contribution in [2.24, 2.45) is 23.7 Å². The Balaban J connectivity index is 1.03. The predicted octanol–water partition coefficient (Wildman–Crippen LogP) is 5.68. The molecule has 4 aliphatic carbocycles. The first kappa shape index (κ1) is 27.7. The minimum Gasteiger partial charge on any atom is -0.497 e. The second-order valence-electron chi connectivity index (χ2n) is 13.1. The number of halogens is 2. The van der Waals surface area contributed by atoms with Crippen molar-refractivity contribution in [3.05, 3.63) is 59.7 Å². The molecule has 0 radical (unpaired) electrons. The molecule has 0 unspecified atom stereocenters. The van der Waals surface area contributed by atoms with Crippen molar-refractivity contribution < 1.29 is 18.3 Å². The lowest BCUT2D eigenvalue weighted by molar-refractivity contribution is -0.140. The van der Waals surface area contributed by atoms with E-state index in [9.17, 15) is 13.6 Å². The first-order valence-corrected chi connectivity index (χ1v) is 16.3. The molecular formula is C33H41F2N3O2S. The first-order valence-electron chi connectivity index (χ1n) is 15.4. The van der Waals surface area contributed by atoms with Gasteiger partial charge in [-0.05, 0) is 105 Å². The van der Waals surface area contributed by atoms with Gasteiger partial charge >= 0.3 is 0 Å². The number of piperazine rings is 1. The molecule has 8 rings (SSSR count). The monoisotopic (exact) mass is 581 g/mol. The summed E-state index contributed by atoms with van der Waals surface area (Å²) in [5.41, 5.74) is 0.310. The Kier molecular flexibility index (Phi) is 7.76. The van der Waals surface area contributed by atoms with E-state index in [-0.39, 0.29) is 23.7 Å². The molecule has 4 bridgehead atoms. The maximum atomic E-state index is 14.7. The van der Waals surface area contributed by atoms with Gasteiger partial charge in [-0.2, -0.15) is 0 Å². The summed E-state index contributed by atoms with van der Waals surface area (Å²) in [4.78, 5) is 22.0. The van der Waals surface area contributed by atoms with Gasteiger partial charge in [0.1, 0.15) is 17.4 Å². The third-order valence-corrected chi connectivity index (χ3v) is 11.8. The highest BCUT2D eigenvalue weighted by atomic mass is 32.2. The molecule has 2 heterocycles. The summed E-state index contributed by atoms with van der Waals surface area (Å²) >= 11 is 1.75. The first-order chi connectivity index (χ1) is 19.9. The standard InChI is InChI=1S/C33H41F2N3O2S/c1-40-27-3-5-28(6-4-27)41-29-18-31(38(20-29)19-25-17-26(34)2-7-30(25)35)33(39)37-10-8-36(9-11-37)32-23-13-21-12-22(15-23)16-24(32)14-21/h2-7,17,21-24,29,31-32H,8-16,18-20H2,1H3/t21?,22?,23?,24?,29-,31-,32?/m0/s1. The summed E-state index contributed by atoms with van der Waals surface area (Å²) in [6.45, 7) is 4.30. The van der Waals surface area contributed by atoms with Crippen LogP contribution < -0.4 is 4.74 Å². The van der Waals surface area contributed by atoms with Crippen LogP contribution in [0.3, 0.4) is 0 Å². The summed E-state index contributed by atoms with van der Waals surface area (Å²) < 4.78 is 34.0. The van der Waals surface area contributed by atoms with Gasteiger partial charge in [0.25, 0.3) is 0 Å². The van der Waals surface area contributed by atoms with Crippen LogP contribution in [0, 0.1) is 35.3 Å². The number of carbonyl (C=O) groups is 1. The van der Waals surface area contributed by atoms with E-state index in [2.05, 4.69) is 9.80 Å². The van der Waals surface area contributed by atoms with Crippen molar-refractivity contribution in [1.29, 1.82) is 0 Å². The molecule has 2 saturated heterocycles. The molecule has 4 saturated carbocycles. The Bertz CT molecular complexity index is 1220. The zero-order valence-electron chi connectivity index (χ0n) is 23.9. The van der Waals surface area contributed by atoms with Crippen LogP contribution in [0.5, 0.6) is 5.75 Å². The van der Waals surface area contributed by atoms with Gasteiger partial charge in [0, 0.05) is 61.0 Å². The van der Waals surface area contributed by atoms with Crippen LogP contribution in [0.2, 0.25) is 0 Å². The lowest BCUT2D eigenvalue weighted by atomic mass is 9.54. The molecule has 6 aliphatic rings. The minimum atomic E-state index is -0.450. The van der Waals surface area contributed by atoms with Crippen molar-refractivity contribution in [1.82, 2.24) is 14.7 Å². The number of ether oxygens (including phenoxy) is 1. The summed E-state index contributed by atoms with van der Waals surface area (Å²) in [5.74, 6) is 3.73. The smallest absolute Gasteiger partial charge is 0.240 e. The number of thioether (sulfide) groups is 1. The number of amides is 1. The van der Waals surface area contributed by atoms with Crippen LogP contribution in [0.15, 0.2) is 47.4 Å². The molecule has 6 fully saturated rings. The Morgan fingerprint density at radius 1 is 0.902 bits per heavy atom. The molecular weight excluding hydrogens is 540 g/mol. The number of benzene rings is 2. The number of rotatable bonds is 7. The number of nitrogens with zero attached hydrogens (tertiary/aromatic N) is 3. The van der Waals surface area contributed by atoms with E-state index in [0.29, 0.717) is 24.6 Å². The van der Waals surface area contributed by atoms with E-state index in [1.165, 1.54) is 44.2 Å². The summed E-state index contributed by atoms with van der Waals surface area (Å²) in [6.07, 6.45) is 7.82. The SMILES string of the molecule is COc1ccc(S[C@H]2C[C@@H](C(=O)N3CCN(C4C5CC6CC(C5)CC4C6)CC3)N(Cc3cc(F)ccc3F)C2)cc1. The molecule has 1 amide bonds. The fraction of sp³-hybridized carbons (Fsp3) is 0.606. The fourth-order valence-electron chi connectivity index (χ4n) is 9.05. The van der Waals surface area contributed by atoms with E-state index >= 15 is 0 Å². The molecule has 0 spiro atoms. The molecule has 220 valence electrons. The Labute approximate surface area is 246 Å². The van der Waals surface area contributed by atoms with E-state index < -0.39 is 11.6 Å². The molecule has 0 N–H and O–H groups in total. The number of likely N-dealkylation sites (tertiary alicyclic amines) is 1. The Morgan fingerprint density at radius 2 is 1.59 bits per heavy atom. The van der Waals surface area contributed by atoms with Crippen LogP contribution in [0.25, 0.3) is 0 Å². The average Bonchev–Trinajstić information content (AvgIpc) is 3.36. The van der Waals surface area contributed by atoms with Gasteiger partial charge in [-0.3, -0.25) is 14.6 Å². The van der Waals surface area contributed by atoms with Gasteiger partial charge in [0.2, 0.25) is 5.91 Å². The highest BCUT2D eigenvalue weighted by molar-refractivity contribution is 8.00. The Morgan fingerprint density at radius 3 is 2.24 bits per heavy atom. The highest BCUT2D eigenvalue weighted by Gasteiger charge is 2.50. The third-order valence-electron chi connectivity index (χ3n) is 10.6. The second kappa shape index (κ2) is 11.5. The normalized spacial score (nSPS) is 33.4. The molecule has 0 aromatic heterocycles. The maximum absolute atomic E-state index is 14.7. The van der Waals surface area contributed by atoms with E-state index in [1.807, 2.05) is 29.2 Å². The third kappa shape index (κ3) is 5.64. The molecule has 41 heavy (non-hydrogen) atoms. The number of hydrogen-bond acceptors (Lipinski definition) is 5. The second-order valence-corrected chi connectivity index (χ2v) is 14.5. The minimum absolute atomic E-state index is 0.143. The average molecular weight is 582 g/mol. The highest BCUT2D eigenvalue weighted by Crippen LogP contribution is 2.55. The van der Waals surface area contributed by atoms with E-state index in [1.54, 1.807) is 18.9 Å². The van der Waals surface area contributed by atoms with Crippen molar-refractivity contribution in [3.63, 3.8) is 0 Å². The predicted molar refractivity (Wildman–Crippen MR) is 157 cm³/mol.